The number of carbonyl (C=O) groups excluding carboxylic acids is 1. The van der Waals surface area contributed by atoms with Crippen molar-refractivity contribution in [2.24, 2.45) is 5.73 Å². The standard InChI is InChI=1S/C8H10N4O4/c9-5(13)3-4(7(14)15)11-6-1-2-10-8(16)12-6/h1-2,4H,3H2,(H2,9,13)(H,14,15)(H2,10,11,12,16)/t4-/m0/s1. The van der Waals surface area contributed by atoms with Gasteiger partial charge in [-0.1, -0.05) is 0 Å². The SMILES string of the molecule is NC(=O)C[C@H](Nc1cc[nH]c(=O)n1)C(=O)O. The van der Waals surface area contributed by atoms with Crippen molar-refractivity contribution in [3.63, 3.8) is 0 Å². The van der Waals surface area contributed by atoms with Crippen molar-refractivity contribution in [1.82, 2.24) is 9.97 Å². The van der Waals surface area contributed by atoms with Gasteiger partial charge in [-0.05, 0) is 6.07 Å². The van der Waals surface area contributed by atoms with E-state index >= 15 is 0 Å². The van der Waals surface area contributed by atoms with Crippen LogP contribution in [0, 0.1) is 0 Å². The first kappa shape index (κ1) is 11.7. The summed E-state index contributed by atoms with van der Waals surface area (Å²) in [6.45, 7) is 0. The van der Waals surface area contributed by atoms with Gasteiger partial charge in [-0.25, -0.2) is 9.59 Å². The maximum absolute atomic E-state index is 10.8. The molecule has 1 amide bonds. The molecule has 0 fully saturated rings. The van der Waals surface area contributed by atoms with Crippen molar-refractivity contribution in [1.29, 1.82) is 0 Å². The average molecular weight is 226 g/mol. The van der Waals surface area contributed by atoms with E-state index in [-0.39, 0.29) is 12.2 Å². The summed E-state index contributed by atoms with van der Waals surface area (Å²) >= 11 is 0. The Morgan fingerprint density at radius 3 is 2.81 bits per heavy atom. The second kappa shape index (κ2) is 4.91. The van der Waals surface area contributed by atoms with Crippen molar-refractivity contribution in [2.75, 3.05) is 5.32 Å². The molecule has 0 aromatic carbocycles. The molecule has 0 saturated carbocycles. The molecular weight excluding hydrogens is 216 g/mol. The smallest absolute Gasteiger partial charge is 0.346 e. The van der Waals surface area contributed by atoms with Crippen molar-refractivity contribution in [3.05, 3.63) is 22.7 Å². The summed E-state index contributed by atoms with van der Waals surface area (Å²) in [5.41, 5.74) is 4.27. The first-order chi connectivity index (χ1) is 7.49. The lowest BCUT2D eigenvalue weighted by Gasteiger charge is -2.12. The predicted octanol–water partition coefficient (Wildman–Crippen LogP) is -1.49. The van der Waals surface area contributed by atoms with Crippen molar-refractivity contribution >= 4 is 17.7 Å². The van der Waals surface area contributed by atoms with Gasteiger partial charge in [0.05, 0.1) is 6.42 Å². The summed E-state index contributed by atoms with van der Waals surface area (Å²) < 4.78 is 0. The molecule has 0 bridgehead atoms. The molecule has 0 aliphatic rings. The summed E-state index contributed by atoms with van der Waals surface area (Å²) in [6.07, 6.45) is 0.921. The first-order valence-electron chi connectivity index (χ1n) is 4.32. The van der Waals surface area contributed by atoms with Crippen LogP contribution in [-0.2, 0) is 9.59 Å². The average Bonchev–Trinajstić information content (AvgIpc) is 2.15. The van der Waals surface area contributed by atoms with Gasteiger partial charge in [0.2, 0.25) is 5.91 Å². The molecule has 5 N–H and O–H groups in total. The second-order valence-electron chi connectivity index (χ2n) is 2.99. The van der Waals surface area contributed by atoms with Gasteiger partial charge >= 0.3 is 11.7 Å². The second-order valence-corrected chi connectivity index (χ2v) is 2.99. The van der Waals surface area contributed by atoms with Crippen LogP contribution in [0.25, 0.3) is 0 Å². The Balaban J connectivity index is 2.79. The molecule has 0 aliphatic heterocycles. The van der Waals surface area contributed by atoms with Crippen LogP contribution in [0.2, 0.25) is 0 Å². The van der Waals surface area contributed by atoms with Crippen LogP contribution in [0.15, 0.2) is 17.1 Å². The number of anilines is 1. The molecule has 1 aromatic rings. The number of aromatic amines is 1. The van der Waals surface area contributed by atoms with Crippen molar-refractivity contribution < 1.29 is 14.7 Å². The van der Waals surface area contributed by atoms with Gasteiger partial charge in [-0.3, -0.25) is 4.79 Å². The number of nitrogens with zero attached hydrogens (tertiary/aromatic N) is 1. The molecule has 1 rings (SSSR count). The number of carboxylic acid groups (broad SMARTS) is 1. The molecular formula is C8H10N4O4. The maximum atomic E-state index is 10.8. The number of carboxylic acids is 1. The molecule has 8 heteroatoms. The summed E-state index contributed by atoms with van der Waals surface area (Å²) in [6, 6.07) is 0.171. The Bertz CT molecular complexity index is 455. The molecule has 0 aliphatic carbocycles. The molecule has 8 nitrogen and oxygen atoms in total. The molecule has 0 saturated heterocycles. The number of hydrogen-bond donors (Lipinski definition) is 4. The number of nitrogens with two attached hydrogens (primary N) is 1. The van der Waals surface area contributed by atoms with Gasteiger partial charge < -0.3 is 21.1 Å². The lowest BCUT2D eigenvalue weighted by molar-refractivity contribution is -0.139. The fourth-order valence-corrected chi connectivity index (χ4v) is 1.03. The van der Waals surface area contributed by atoms with Crippen LogP contribution in [0.5, 0.6) is 0 Å². The van der Waals surface area contributed by atoms with Gasteiger partial charge in [0.1, 0.15) is 11.9 Å². The highest BCUT2D eigenvalue weighted by atomic mass is 16.4. The fraction of sp³-hybridized carbons (Fsp3) is 0.250. The number of aliphatic carboxylic acids is 1. The zero-order valence-corrected chi connectivity index (χ0v) is 8.14. The van der Waals surface area contributed by atoms with Gasteiger partial charge in [-0.15, -0.1) is 0 Å². The lowest BCUT2D eigenvalue weighted by atomic mass is 10.2. The minimum Gasteiger partial charge on any atom is -0.480 e. The van der Waals surface area contributed by atoms with E-state index < -0.39 is 23.6 Å². The number of primary amides is 1. The third-order valence-electron chi connectivity index (χ3n) is 1.70. The van der Waals surface area contributed by atoms with Crippen LogP contribution in [0.1, 0.15) is 6.42 Å². The van der Waals surface area contributed by atoms with Crippen LogP contribution >= 0.6 is 0 Å². The molecule has 1 heterocycles. The number of amides is 1. The highest BCUT2D eigenvalue weighted by Crippen LogP contribution is 2.03. The molecule has 86 valence electrons. The summed E-state index contributed by atoms with van der Waals surface area (Å²) in [5.74, 6) is -1.94. The van der Waals surface area contributed by atoms with Gasteiger partial charge in [0.15, 0.2) is 0 Å². The molecule has 1 atom stereocenters. The third-order valence-corrected chi connectivity index (χ3v) is 1.70. The Morgan fingerprint density at radius 1 is 1.62 bits per heavy atom. The summed E-state index contributed by atoms with van der Waals surface area (Å²) in [5, 5.41) is 11.2. The Kier molecular flexibility index (Phi) is 3.59. The largest absolute Gasteiger partial charge is 0.480 e. The van der Waals surface area contributed by atoms with E-state index in [2.05, 4.69) is 15.3 Å². The zero-order chi connectivity index (χ0) is 12.1. The Labute approximate surface area is 89.5 Å². The zero-order valence-electron chi connectivity index (χ0n) is 8.14. The van der Waals surface area contributed by atoms with Crippen molar-refractivity contribution in [3.8, 4) is 0 Å². The topological polar surface area (TPSA) is 138 Å². The molecule has 16 heavy (non-hydrogen) atoms. The van der Waals surface area contributed by atoms with Crippen LogP contribution in [0.4, 0.5) is 5.82 Å². The Hall–Kier alpha value is -2.38. The molecule has 0 spiro atoms. The number of carbonyl (C=O) groups is 2. The summed E-state index contributed by atoms with van der Waals surface area (Å²) in [4.78, 5) is 37.9. The number of hydrogen-bond acceptors (Lipinski definition) is 5. The highest BCUT2D eigenvalue weighted by molar-refractivity contribution is 5.85. The van der Waals surface area contributed by atoms with Crippen LogP contribution < -0.4 is 16.7 Å². The minimum atomic E-state index is -1.25. The molecule has 0 radical (unpaired) electrons. The van der Waals surface area contributed by atoms with Gasteiger partial charge in [-0.2, -0.15) is 4.98 Å². The van der Waals surface area contributed by atoms with E-state index in [1.165, 1.54) is 12.3 Å². The highest BCUT2D eigenvalue weighted by Gasteiger charge is 2.20. The summed E-state index contributed by atoms with van der Waals surface area (Å²) in [7, 11) is 0. The van der Waals surface area contributed by atoms with E-state index in [4.69, 9.17) is 10.8 Å². The fourth-order valence-electron chi connectivity index (χ4n) is 1.03. The molecule has 1 aromatic heterocycles. The van der Waals surface area contributed by atoms with E-state index in [1.807, 2.05) is 0 Å². The minimum absolute atomic E-state index is 0.0670. The number of nitrogens with one attached hydrogen (secondary N) is 2. The van der Waals surface area contributed by atoms with Crippen molar-refractivity contribution in [2.45, 2.75) is 12.5 Å². The van der Waals surface area contributed by atoms with Gasteiger partial charge in [0.25, 0.3) is 0 Å². The Morgan fingerprint density at radius 2 is 2.31 bits per heavy atom. The van der Waals surface area contributed by atoms with E-state index in [9.17, 15) is 14.4 Å². The van der Waals surface area contributed by atoms with E-state index in [0.717, 1.165) is 0 Å². The monoisotopic (exact) mass is 226 g/mol. The maximum Gasteiger partial charge on any atom is 0.346 e. The van der Waals surface area contributed by atoms with Crippen LogP contribution in [0.3, 0.4) is 0 Å². The van der Waals surface area contributed by atoms with E-state index in [1.54, 1.807) is 0 Å². The number of H-pyrrole nitrogens is 1. The molecule has 0 unspecified atom stereocenters. The third kappa shape index (κ3) is 3.40. The van der Waals surface area contributed by atoms with E-state index in [0.29, 0.717) is 0 Å². The predicted molar refractivity (Wildman–Crippen MR) is 53.7 cm³/mol. The lowest BCUT2D eigenvalue weighted by Crippen LogP contribution is -2.34. The first-order valence-corrected chi connectivity index (χ1v) is 4.32. The number of aromatic nitrogens is 2. The number of rotatable bonds is 5. The normalized spacial score (nSPS) is 11.8. The quantitative estimate of drug-likeness (QED) is 0.482. The van der Waals surface area contributed by atoms with Gasteiger partial charge in [0, 0.05) is 6.20 Å². The van der Waals surface area contributed by atoms with Crippen LogP contribution in [-0.4, -0.2) is 33.0 Å².